The molecule has 0 aromatic heterocycles. The van der Waals surface area contributed by atoms with Crippen molar-refractivity contribution in [1.29, 1.82) is 0 Å². The maximum Gasteiger partial charge on any atom is 0.243 e. The Morgan fingerprint density at radius 1 is 0.861 bits per heavy atom. The summed E-state index contributed by atoms with van der Waals surface area (Å²) in [6.07, 6.45) is 2.85. The molecule has 13 nitrogen and oxygen atoms in total. The second-order valence-electron chi connectivity index (χ2n) is 8.03. The van der Waals surface area contributed by atoms with Crippen LogP contribution in [0.15, 0.2) is 40.3 Å². The zero-order chi connectivity index (χ0) is 26.8. The molecule has 0 fully saturated rings. The van der Waals surface area contributed by atoms with Crippen molar-refractivity contribution < 1.29 is 19.2 Å². The third kappa shape index (κ3) is 14.2. The van der Waals surface area contributed by atoms with E-state index in [0.29, 0.717) is 38.5 Å². The number of amides is 3. The van der Waals surface area contributed by atoms with E-state index in [2.05, 4.69) is 25.9 Å². The number of hydrogen-bond donors (Lipinski definition) is 7. The topological polar surface area (TPSA) is 233 Å². The van der Waals surface area contributed by atoms with Crippen molar-refractivity contribution in [2.24, 2.45) is 32.9 Å². The number of aliphatic imine (C=N–C) groups is 2. The smallest absolute Gasteiger partial charge is 0.243 e. The fourth-order valence-electron chi connectivity index (χ4n) is 3.18. The number of aryl methyl sites for hydroxylation is 1. The third-order valence-corrected chi connectivity index (χ3v) is 4.98. The minimum absolute atomic E-state index is 0.0515. The van der Waals surface area contributed by atoms with Crippen LogP contribution in [0.3, 0.4) is 0 Å². The first-order valence-electron chi connectivity index (χ1n) is 11.7. The van der Waals surface area contributed by atoms with Crippen LogP contribution in [0.1, 0.15) is 37.7 Å². The molecule has 0 aliphatic rings. The molecule has 0 aliphatic carbocycles. The number of nitrogens with one attached hydrogen (secondary N) is 3. The van der Waals surface area contributed by atoms with Crippen LogP contribution in [0.25, 0.3) is 0 Å². The van der Waals surface area contributed by atoms with Gasteiger partial charge in [-0.1, -0.05) is 30.3 Å². The standard InChI is InChI=1S/C23H37N9O4/c24-22(25)28-12-4-8-17(15-33)31-20(35)14-30-21(36)18(9-5-13-29-23(26)27)32-19(34)11-10-16-6-2-1-3-7-16/h1-3,6-7,15,17-18H,4-5,8-14H2,(H,30,36)(H,31,35)(H,32,34)(H4,24,25,28)(H4,26,27,29)/t17-,18+/m0/s1. The van der Waals surface area contributed by atoms with Gasteiger partial charge in [0.05, 0.1) is 12.6 Å². The molecule has 0 bridgehead atoms. The first-order chi connectivity index (χ1) is 17.2. The second-order valence-corrected chi connectivity index (χ2v) is 8.03. The Balaban J connectivity index is 2.58. The Kier molecular flexibility index (Phi) is 14.4. The number of hydrogen-bond acceptors (Lipinski definition) is 6. The predicted octanol–water partition coefficient (Wildman–Crippen LogP) is -1.99. The molecule has 36 heavy (non-hydrogen) atoms. The molecule has 13 heteroatoms. The van der Waals surface area contributed by atoms with Crippen molar-refractivity contribution in [2.45, 2.75) is 50.6 Å². The van der Waals surface area contributed by atoms with Gasteiger partial charge in [0.15, 0.2) is 11.9 Å². The molecule has 0 saturated heterocycles. The van der Waals surface area contributed by atoms with E-state index in [4.69, 9.17) is 22.9 Å². The van der Waals surface area contributed by atoms with Gasteiger partial charge < -0.3 is 43.7 Å². The van der Waals surface area contributed by atoms with Crippen molar-refractivity contribution in [3.8, 4) is 0 Å². The van der Waals surface area contributed by atoms with Crippen LogP contribution in [0.5, 0.6) is 0 Å². The van der Waals surface area contributed by atoms with Gasteiger partial charge in [-0.3, -0.25) is 24.4 Å². The molecule has 0 aliphatic heterocycles. The summed E-state index contributed by atoms with van der Waals surface area (Å²) in [5.74, 6) is -1.49. The Hall–Kier alpha value is -4.16. The highest BCUT2D eigenvalue weighted by molar-refractivity contribution is 5.91. The van der Waals surface area contributed by atoms with Gasteiger partial charge in [-0.15, -0.1) is 0 Å². The monoisotopic (exact) mass is 503 g/mol. The Labute approximate surface area is 210 Å². The van der Waals surface area contributed by atoms with Crippen molar-refractivity contribution in [3.63, 3.8) is 0 Å². The lowest BCUT2D eigenvalue weighted by atomic mass is 10.1. The lowest BCUT2D eigenvalue weighted by molar-refractivity contribution is -0.130. The maximum absolute atomic E-state index is 12.7. The van der Waals surface area contributed by atoms with Gasteiger partial charge in [0.25, 0.3) is 0 Å². The fourth-order valence-corrected chi connectivity index (χ4v) is 3.18. The van der Waals surface area contributed by atoms with Gasteiger partial charge in [-0.25, -0.2) is 0 Å². The van der Waals surface area contributed by atoms with Crippen LogP contribution in [0.2, 0.25) is 0 Å². The van der Waals surface area contributed by atoms with E-state index in [1.165, 1.54) is 0 Å². The molecular weight excluding hydrogens is 466 g/mol. The summed E-state index contributed by atoms with van der Waals surface area (Å²) in [5.41, 5.74) is 22.1. The van der Waals surface area contributed by atoms with Gasteiger partial charge in [-0.05, 0) is 37.7 Å². The molecule has 3 amide bonds. The van der Waals surface area contributed by atoms with Gasteiger partial charge in [0.2, 0.25) is 17.7 Å². The molecular formula is C23H37N9O4. The molecule has 0 heterocycles. The van der Waals surface area contributed by atoms with E-state index < -0.39 is 23.9 Å². The number of carbonyl (C=O) groups excluding carboxylic acids is 4. The normalized spacial score (nSPS) is 11.9. The van der Waals surface area contributed by atoms with Gasteiger partial charge in [0, 0.05) is 19.5 Å². The molecule has 1 aromatic rings. The van der Waals surface area contributed by atoms with Crippen molar-refractivity contribution >= 4 is 35.9 Å². The first kappa shape index (κ1) is 29.9. The van der Waals surface area contributed by atoms with Crippen LogP contribution in [0.4, 0.5) is 0 Å². The number of guanidine groups is 2. The van der Waals surface area contributed by atoms with Crippen LogP contribution >= 0.6 is 0 Å². The van der Waals surface area contributed by atoms with Crippen LogP contribution in [0, 0.1) is 0 Å². The molecule has 0 spiro atoms. The van der Waals surface area contributed by atoms with E-state index in [1.54, 1.807) is 0 Å². The summed E-state index contributed by atoms with van der Waals surface area (Å²) < 4.78 is 0. The number of nitrogens with zero attached hydrogens (tertiary/aromatic N) is 2. The summed E-state index contributed by atoms with van der Waals surface area (Å²) in [7, 11) is 0. The minimum Gasteiger partial charge on any atom is -0.370 e. The lowest BCUT2D eigenvalue weighted by Gasteiger charge is -2.19. The molecule has 0 radical (unpaired) electrons. The molecule has 1 rings (SSSR count). The van der Waals surface area contributed by atoms with E-state index >= 15 is 0 Å². The van der Waals surface area contributed by atoms with E-state index in [9.17, 15) is 19.2 Å². The number of nitrogens with two attached hydrogens (primary N) is 4. The first-order valence-corrected chi connectivity index (χ1v) is 11.7. The molecule has 198 valence electrons. The van der Waals surface area contributed by atoms with E-state index in [1.807, 2.05) is 30.3 Å². The summed E-state index contributed by atoms with van der Waals surface area (Å²) in [6.45, 7) is 0.249. The van der Waals surface area contributed by atoms with Crippen molar-refractivity contribution in [2.75, 3.05) is 19.6 Å². The molecule has 0 unspecified atom stereocenters. The Bertz CT molecular complexity index is 898. The van der Waals surface area contributed by atoms with Gasteiger partial charge >= 0.3 is 0 Å². The van der Waals surface area contributed by atoms with Crippen LogP contribution < -0.4 is 38.9 Å². The molecule has 1 aromatic carbocycles. The summed E-state index contributed by atoms with van der Waals surface area (Å²) in [4.78, 5) is 56.3. The maximum atomic E-state index is 12.7. The number of aldehydes is 1. The van der Waals surface area contributed by atoms with E-state index in [0.717, 1.165) is 5.56 Å². The van der Waals surface area contributed by atoms with Gasteiger partial charge in [-0.2, -0.15) is 0 Å². The second kappa shape index (κ2) is 17.3. The largest absolute Gasteiger partial charge is 0.370 e. The number of rotatable bonds is 17. The lowest BCUT2D eigenvalue weighted by Crippen LogP contribution is -2.50. The van der Waals surface area contributed by atoms with Crippen molar-refractivity contribution in [3.05, 3.63) is 35.9 Å². The zero-order valence-corrected chi connectivity index (χ0v) is 20.3. The third-order valence-electron chi connectivity index (χ3n) is 4.98. The summed E-state index contributed by atoms with van der Waals surface area (Å²) in [5, 5.41) is 7.74. The summed E-state index contributed by atoms with van der Waals surface area (Å²) >= 11 is 0. The minimum atomic E-state index is -0.878. The average Bonchev–Trinajstić information content (AvgIpc) is 2.85. The zero-order valence-electron chi connectivity index (χ0n) is 20.3. The van der Waals surface area contributed by atoms with Crippen molar-refractivity contribution in [1.82, 2.24) is 16.0 Å². The Morgan fingerprint density at radius 2 is 1.47 bits per heavy atom. The average molecular weight is 504 g/mol. The predicted molar refractivity (Wildman–Crippen MR) is 138 cm³/mol. The fraction of sp³-hybridized carbons (Fsp3) is 0.478. The van der Waals surface area contributed by atoms with Crippen LogP contribution in [-0.4, -0.2) is 67.6 Å². The van der Waals surface area contributed by atoms with E-state index in [-0.39, 0.29) is 43.8 Å². The highest BCUT2D eigenvalue weighted by atomic mass is 16.2. The molecule has 11 N–H and O–H groups in total. The highest BCUT2D eigenvalue weighted by Gasteiger charge is 2.21. The SMILES string of the molecule is NC(N)=NCCC[C@@H](C=O)NC(=O)CNC(=O)[C@@H](CCCN=C(N)N)NC(=O)CCc1ccccc1. The molecule has 2 atom stereocenters. The highest BCUT2D eigenvalue weighted by Crippen LogP contribution is 2.04. The van der Waals surface area contributed by atoms with Gasteiger partial charge in [0.1, 0.15) is 12.3 Å². The molecule has 0 saturated carbocycles. The summed E-state index contributed by atoms with van der Waals surface area (Å²) in [6, 6.07) is 7.88. The van der Waals surface area contributed by atoms with Crippen LogP contribution in [-0.2, 0) is 25.6 Å². The number of benzene rings is 1. The Morgan fingerprint density at radius 3 is 2.06 bits per heavy atom. The quantitative estimate of drug-likeness (QED) is 0.0542. The number of carbonyl (C=O) groups is 4.